The topological polar surface area (TPSA) is 3.24 Å². The van der Waals surface area contributed by atoms with Gasteiger partial charge in [-0.15, -0.1) is 11.3 Å². The second-order valence-corrected chi connectivity index (χ2v) is 19.5. The number of benzene rings is 8. The van der Waals surface area contributed by atoms with Crippen molar-refractivity contribution < 1.29 is 0 Å². The predicted molar refractivity (Wildman–Crippen MR) is 225 cm³/mol. The second-order valence-electron chi connectivity index (χ2n) is 14.1. The maximum atomic E-state index is 2.53. The molecule has 0 radical (unpaired) electrons. The van der Waals surface area contributed by atoms with Crippen molar-refractivity contribution in [3.8, 4) is 33.4 Å². The molecule has 1 nitrogen and oxygen atoms in total. The molecule has 0 saturated heterocycles. The molecule has 0 amide bonds. The standard InChI is InChI=1S/C48H35NSSi/c1-51(2)45-28-27-42-41-22-8-9-24-44(41)50-48(42)47(45)43-26-25-38(31-46(43)51)49(36-19-10-17-34(29-36)32-13-4-3-5-14-32)37-20-11-18-35(30-37)40-23-12-16-33-15-6-7-21-39(33)40/h3-31H,1-2H3. The molecule has 0 spiro atoms. The quantitative estimate of drug-likeness (QED) is 0.163. The van der Waals surface area contributed by atoms with E-state index < -0.39 is 8.07 Å². The number of anilines is 3. The minimum atomic E-state index is -2.00. The molecule has 2 heterocycles. The lowest BCUT2D eigenvalue weighted by Gasteiger charge is -2.28. The highest BCUT2D eigenvalue weighted by molar-refractivity contribution is 7.26. The van der Waals surface area contributed by atoms with Gasteiger partial charge in [-0.05, 0) is 97.0 Å². The van der Waals surface area contributed by atoms with E-state index in [-0.39, 0.29) is 0 Å². The van der Waals surface area contributed by atoms with Crippen LogP contribution in [0.5, 0.6) is 0 Å². The van der Waals surface area contributed by atoms with Crippen molar-refractivity contribution in [1.82, 2.24) is 0 Å². The molecule has 242 valence electrons. The fourth-order valence-corrected chi connectivity index (χ4v) is 12.7. The Balaban J connectivity index is 1.17. The van der Waals surface area contributed by atoms with Gasteiger partial charge in [-0.3, -0.25) is 0 Å². The van der Waals surface area contributed by atoms with Crippen LogP contribution in [0.15, 0.2) is 176 Å². The normalized spacial score (nSPS) is 13.1. The Morgan fingerprint density at radius 3 is 1.92 bits per heavy atom. The summed E-state index contributed by atoms with van der Waals surface area (Å²) in [5, 5.41) is 8.32. The Morgan fingerprint density at radius 2 is 1.08 bits per heavy atom. The van der Waals surface area contributed by atoms with Crippen LogP contribution in [0.3, 0.4) is 0 Å². The average molecular weight is 686 g/mol. The van der Waals surface area contributed by atoms with Crippen molar-refractivity contribution in [2.45, 2.75) is 13.1 Å². The molecule has 0 N–H and O–H groups in total. The molecule has 1 aliphatic rings. The van der Waals surface area contributed by atoms with Gasteiger partial charge in [-0.2, -0.15) is 0 Å². The number of fused-ring (bicyclic) bond motifs is 8. The largest absolute Gasteiger partial charge is 0.310 e. The van der Waals surface area contributed by atoms with Crippen LogP contribution < -0.4 is 15.3 Å². The molecule has 0 bridgehead atoms. The van der Waals surface area contributed by atoms with Crippen LogP contribution >= 0.6 is 11.3 Å². The zero-order chi connectivity index (χ0) is 34.1. The third kappa shape index (κ3) is 4.80. The van der Waals surface area contributed by atoms with Crippen LogP contribution in [0.25, 0.3) is 64.3 Å². The van der Waals surface area contributed by atoms with Crippen LogP contribution in [-0.2, 0) is 0 Å². The van der Waals surface area contributed by atoms with Crippen LogP contribution in [0.2, 0.25) is 13.1 Å². The molecule has 51 heavy (non-hydrogen) atoms. The summed E-state index contributed by atoms with van der Waals surface area (Å²) in [5.41, 5.74) is 11.2. The van der Waals surface area contributed by atoms with Gasteiger partial charge < -0.3 is 4.90 Å². The molecule has 0 unspecified atom stereocenters. The Bertz CT molecular complexity index is 2790. The van der Waals surface area contributed by atoms with Crippen molar-refractivity contribution in [3.63, 3.8) is 0 Å². The summed E-state index contributed by atoms with van der Waals surface area (Å²) in [6, 6.07) is 65.1. The molecule has 0 atom stereocenters. The lowest BCUT2D eigenvalue weighted by Crippen LogP contribution is -2.49. The summed E-state index contributed by atoms with van der Waals surface area (Å²) in [6.45, 7) is 5.06. The summed E-state index contributed by atoms with van der Waals surface area (Å²) in [4.78, 5) is 2.46. The van der Waals surface area contributed by atoms with Gasteiger partial charge in [0.25, 0.3) is 0 Å². The first kappa shape index (κ1) is 30.1. The molecular weight excluding hydrogens is 651 g/mol. The van der Waals surface area contributed by atoms with E-state index in [1.807, 2.05) is 11.3 Å². The lowest BCUT2D eigenvalue weighted by atomic mass is 9.97. The molecule has 1 aromatic heterocycles. The molecular formula is C48H35NSSi. The third-order valence-electron chi connectivity index (χ3n) is 10.8. The number of hydrogen-bond donors (Lipinski definition) is 0. The maximum absolute atomic E-state index is 2.53. The van der Waals surface area contributed by atoms with Gasteiger partial charge in [-0.25, -0.2) is 0 Å². The van der Waals surface area contributed by atoms with Crippen molar-refractivity contribution in [3.05, 3.63) is 176 Å². The summed E-state index contributed by atoms with van der Waals surface area (Å²) in [6.07, 6.45) is 0. The van der Waals surface area contributed by atoms with E-state index in [4.69, 9.17) is 0 Å². The van der Waals surface area contributed by atoms with Crippen molar-refractivity contribution in [1.29, 1.82) is 0 Å². The lowest BCUT2D eigenvalue weighted by molar-refractivity contribution is 1.29. The summed E-state index contributed by atoms with van der Waals surface area (Å²) in [5.74, 6) is 0. The van der Waals surface area contributed by atoms with Crippen molar-refractivity contribution in [2.24, 2.45) is 0 Å². The molecule has 1 aliphatic heterocycles. The highest BCUT2D eigenvalue weighted by Crippen LogP contribution is 2.44. The van der Waals surface area contributed by atoms with E-state index in [0.29, 0.717) is 0 Å². The van der Waals surface area contributed by atoms with Gasteiger partial charge in [0.15, 0.2) is 0 Å². The predicted octanol–water partition coefficient (Wildman–Crippen LogP) is 12.8. The molecule has 3 heteroatoms. The fraction of sp³-hybridized carbons (Fsp3) is 0.0417. The highest BCUT2D eigenvalue weighted by Gasteiger charge is 2.39. The third-order valence-corrected chi connectivity index (χ3v) is 15.6. The Hall–Kier alpha value is -5.74. The SMILES string of the molecule is C[Si]1(C)c2cc(N(c3cccc(-c4ccccc4)c3)c3cccc(-c4cccc5ccccc45)c3)ccc2-c2c1ccc1c2sc2ccccc21. The van der Waals surface area contributed by atoms with E-state index in [0.717, 1.165) is 11.4 Å². The Kier molecular flexibility index (Phi) is 6.89. The summed E-state index contributed by atoms with van der Waals surface area (Å²) in [7, 11) is -2.00. The molecule has 9 aromatic rings. The second kappa shape index (κ2) is 11.7. The first-order valence-corrected chi connectivity index (χ1v) is 21.5. The molecule has 0 saturated carbocycles. The minimum Gasteiger partial charge on any atom is -0.310 e. The van der Waals surface area contributed by atoms with E-state index in [9.17, 15) is 0 Å². The van der Waals surface area contributed by atoms with E-state index in [2.05, 4.69) is 194 Å². The number of nitrogens with zero attached hydrogens (tertiary/aromatic N) is 1. The maximum Gasteiger partial charge on any atom is 0.114 e. The number of hydrogen-bond acceptors (Lipinski definition) is 2. The zero-order valence-corrected chi connectivity index (χ0v) is 30.4. The monoisotopic (exact) mass is 685 g/mol. The van der Waals surface area contributed by atoms with E-state index in [1.54, 1.807) is 5.19 Å². The Labute approximate surface area is 303 Å². The molecule has 0 fully saturated rings. The fourth-order valence-electron chi connectivity index (χ4n) is 8.32. The van der Waals surface area contributed by atoms with Gasteiger partial charge in [0.1, 0.15) is 8.07 Å². The number of rotatable bonds is 5. The molecule has 10 rings (SSSR count). The smallest absolute Gasteiger partial charge is 0.114 e. The highest BCUT2D eigenvalue weighted by atomic mass is 32.1. The zero-order valence-electron chi connectivity index (χ0n) is 28.6. The molecule has 0 aliphatic carbocycles. The van der Waals surface area contributed by atoms with E-state index >= 15 is 0 Å². The van der Waals surface area contributed by atoms with Crippen molar-refractivity contribution in [2.75, 3.05) is 4.90 Å². The van der Waals surface area contributed by atoms with Gasteiger partial charge in [0, 0.05) is 37.2 Å². The van der Waals surface area contributed by atoms with Crippen LogP contribution in [0.4, 0.5) is 17.1 Å². The average Bonchev–Trinajstić information content (AvgIpc) is 3.67. The van der Waals surface area contributed by atoms with Crippen LogP contribution in [0, 0.1) is 0 Å². The molecule has 8 aromatic carbocycles. The first-order chi connectivity index (χ1) is 25.0. The minimum absolute atomic E-state index is 1.15. The number of thiophene rings is 1. The Morgan fingerprint density at radius 1 is 0.431 bits per heavy atom. The van der Waals surface area contributed by atoms with Crippen LogP contribution in [0.1, 0.15) is 0 Å². The summed E-state index contributed by atoms with van der Waals surface area (Å²) >= 11 is 1.95. The van der Waals surface area contributed by atoms with E-state index in [1.165, 1.54) is 75.2 Å². The first-order valence-electron chi connectivity index (χ1n) is 17.7. The van der Waals surface area contributed by atoms with Crippen LogP contribution in [-0.4, -0.2) is 8.07 Å². The van der Waals surface area contributed by atoms with Crippen molar-refractivity contribution >= 4 is 77.8 Å². The summed E-state index contributed by atoms with van der Waals surface area (Å²) < 4.78 is 2.79. The van der Waals surface area contributed by atoms with Gasteiger partial charge in [0.2, 0.25) is 0 Å². The van der Waals surface area contributed by atoms with Gasteiger partial charge in [0.05, 0.1) is 0 Å². The van der Waals surface area contributed by atoms with Gasteiger partial charge >= 0.3 is 0 Å². The van der Waals surface area contributed by atoms with Gasteiger partial charge in [-0.1, -0.05) is 147 Å².